The van der Waals surface area contributed by atoms with Gasteiger partial charge in [-0.1, -0.05) is 0 Å². The van der Waals surface area contributed by atoms with E-state index in [9.17, 15) is 4.79 Å². The van der Waals surface area contributed by atoms with Crippen LogP contribution < -0.4 is 5.73 Å². The van der Waals surface area contributed by atoms with Crippen LogP contribution in [0.4, 0.5) is 10.6 Å². The highest BCUT2D eigenvalue weighted by atomic mass is 127. The van der Waals surface area contributed by atoms with E-state index in [1.807, 2.05) is 30.4 Å². The van der Waals surface area contributed by atoms with Crippen LogP contribution in [-0.2, 0) is 4.74 Å². The standard InChI is InChI=1S/C16H21IN6O2/c1-16(2,3)25-15(24)22-6-8-4-9(22)10(5-8)23-14-11(12(17)21-23)13(18)19-7-20-14/h7-10H,4-6H2,1-3H3,(H2,18,19,20)/t8-,9?,10?/m1/s1. The van der Waals surface area contributed by atoms with Gasteiger partial charge in [0.2, 0.25) is 0 Å². The molecule has 1 saturated carbocycles. The number of rotatable bonds is 1. The molecule has 2 N–H and O–H groups in total. The number of hydrogen-bond acceptors (Lipinski definition) is 6. The van der Waals surface area contributed by atoms with E-state index in [1.54, 1.807) is 0 Å². The van der Waals surface area contributed by atoms with Gasteiger partial charge in [-0.05, 0) is 62.1 Å². The van der Waals surface area contributed by atoms with Gasteiger partial charge in [0.1, 0.15) is 21.4 Å². The van der Waals surface area contributed by atoms with Crippen molar-refractivity contribution in [3.05, 3.63) is 10.0 Å². The molecule has 2 unspecified atom stereocenters. The Labute approximate surface area is 159 Å². The lowest BCUT2D eigenvalue weighted by Gasteiger charge is -2.34. The van der Waals surface area contributed by atoms with E-state index in [0.29, 0.717) is 11.7 Å². The topological polar surface area (TPSA) is 99.2 Å². The molecule has 1 amide bonds. The molecule has 134 valence electrons. The molecule has 4 rings (SSSR count). The van der Waals surface area contributed by atoms with Gasteiger partial charge < -0.3 is 15.4 Å². The Hall–Kier alpha value is -1.65. The molecule has 1 aliphatic heterocycles. The summed E-state index contributed by atoms with van der Waals surface area (Å²) >= 11 is 2.16. The molecule has 25 heavy (non-hydrogen) atoms. The van der Waals surface area contributed by atoms with E-state index in [2.05, 4.69) is 37.7 Å². The first-order chi connectivity index (χ1) is 11.7. The number of nitrogens with two attached hydrogens (primary N) is 1. The fourth-order valence-corrected chi connectivity index (χ4v) is 4.72. The molecule has 0 aromatic carbocycles. The molecule has 1 aliphatic carbocycles. The maximum absolute atomic E-state index is 12.6. The smallest absolute Gasteiger partial charge is 0.410 e. The van der Waals surface area contributed by atoms with Gasteiger partial charge in [0.25, 0.3) is 0 Å². The number of ether oxygens (including phenoxy) is 1. The quantitative estimate of drug-likeness (QED) is 0.663. The zero-order chi connectivity index (χ0) is 17.9. The molecule has 3 atom stereocenters. The first-order valence-corrected chi connectivity index (χ1v) is 9.46. The molecule has 1 saturated heterocycles. The number of anilines is 1. The third-order valence-corrected chi connectivity index (χ3v) is 5.62. The number of amides is 1. The average Bonchev–Trinajstić information content (AvgIpc) is 3.18. The summed E-state index contributed by atoms with van der Waals surface area (Å²) in [4.78, 5) is 22.9. The second-order valence-corrected chi connectivity index (χ2v) is 8.82. The highest BCUT2D eigenvalue weighted by Crippen LogP contribution is 2.46. The Morgan fingerprint density at radius 3 is 2.72 bits per heavy atom. The van der Waals surface area contributed by atoms with E-state index in [4.69, 9.17) is 10.5 Å². The number of nitrogens with zero attached hydrogens (tertiary/aromatic N) is 5. The summed E-state index contributed by atoms with van der Waals surface area (Å²) in [5, 5.41) is 5.45. The van der Waals surface area contributed by atoms with E-state index < -0.39 is 5.60 Å². The van der Waals surface area contributed by atoms with Gasteiger partial charge in [0, 0.05) is 6.54 Å². The molecule has 3 heterocycles. The second-order valence-electron chi connectivity index (χ2n) is 7.80. The van der Waals surface area contributed by atoms with E-state index >= 15 is 0 Å². The molecule has 2 aliphatic rings. The number of carbonyl (C=O) groups is 1. The van der Waals surface area contributed by atoms with Gasteiger partial charge >= 0.3 is 6.09 Å². The number of nitrogen functional groups attached to an aromatic ring is 1. The zero-order valence-corrected chi connectivity index (χ0v) is 16.6. The minimum absolute atomic E-state index is 0.0786. The van der Waals surface area contributed by atoms with Crippen LogP contribution in [0.15, 0.2) is 6.33 Å². The number of likely N-dealkylation sites (tertiary alicyclic amines) is 1. The number of piperidine rings is 1. The molecule has 0 spiro atoms. The lowest BCUT2D eigenvalue weighted by molar-refractivity contribution is 0.0135. The van der Waals surface area contributed by atoms with Crippen LogP contribution in [0.1, 0.15) is 39.7 Å². The Morgan fingerprint density at radius 2 is 2.04 bits per heavy atom. The maximum Gasteiger partial charge on any atom is 0.410 e. The van der Waals surface area contributed by atoms with E-state index in [-0.39, 0.29) is 18.2 Å². The van der Waals surface area contributed by atoms with Crippen molar-refractivity contribution in [1.29, 1.82) is 0 Å². The molecule has 2 fully saturated rings. The summed E-state index contributed by atoms with van der Waals surface area (Å²) in [5.41, 5.74) is 6.23. The van der Waals surface area contributed by atoms with Gasteiger partial charge in [0.15, 0.2) is 5.65 Å². The summed E-state index contributed by atoms with van der Waals surface area (Å²) in [5.74, 6) is 0.909. The van der Waals surface area contributed by atoms with Crippen molar-refractivity contribution in [1.82, 2.24) is 24.6 Å². The number of aromatic nitrogens is 4. The number of fused-ring (bicyclic) bond motifs is 3. The van der Waals surface area contributed by atoms with E-state index in [0.717, 1.165) is 34.1 Å². The summed E-state index contributed by atoms with van der Waals surface area (Å²) in [6.07, 6.45) is 3.18. The van der Waals surface area contributed by atoms with E-state index in [1.165, 1.54) is 6.33 Å². The van der Waals surface area contributed by atoms with Crippen LogP contribution in [0.5, 0.6) is 0 Å². The lowest BCUT2D eigenvalue weighted by atomic mass is 10.1. The summed E-state index contributed by atoms with van der Waals surface area (Å²) in [6.45, 7) is 6.42. The SMILES string of the molecule is CC(C)(C)OC(=O)N1C[C@@H]2CC1C(n1nc(I)c3c(N)ncnc31)C2. The highest BCUT2D eigenvalue weighted by Gasteiger charge is 2.49. The Bertz CT molecular complexity index is 845. The Balaban J connectivity index is 1.67. The third kappa shape index (κ3) is 2.81. The van der Waals surface area contributed by atoms with Crippen molar-refractivity contribution in [3.63, 3.8) is 0 Å². The van der Waals surface area contributed by atoms with Crippen molar-refractivity contribution in [3.8, 4) is 0 Å². The van der Waals surface area contributed by atoms with Crippen LogP contribution in [0.3, 0.4) is 0 Å². The van der Waals surface area contributed by atoms with Gasteiger partial charge in [-0.25, -0.2) is 19.4 Å². The number of hydrogen-bond donors (Lipinski definition) is 1. The highest BCUT2D eigenvalue weighted by molar-refractivity contribution is 14.1. The fraction of sp³-hybridized carbons (Fsp3) is 0.625. The third-order valence-electron chi connectivity index (χ3n) is 4.87. The molecular formula is C16H21IN6O2. The Kier molecular flexibility index (Phi) is 3.82. The lowest BCUT2D eigenvalue weighted by Crippen LogP contribution is -2.45. The van der Waals surface area contributed by atoms with Crippen LogP contribution in [-0.4, -0.2) is 48.9 Å². The number of halogens is 1. The molecule has 2 aromatic rings. The van der Waals surface area contributed by atoms with Gasteiger partial charge in [-0.15, -0.1) is 0 Å². The van der Waals surface area contributed by atoms with Gasteiger partial charge in [0.05, 0.1) is 17.5 Å². The van der Waals surface area contributed by atoms with Crippen LogP contribution in [0.2, 0.25) is 0 Å². The first kappa shape index (κ1) is 16.8. The molecule has 0 radical (unpaired) electrons. The fourth-order valence-electron chi connectivity index (χ4n) is 3.97. The van der Waals surface area contributed by atoms with Gasteiger partial charge in [-0.2, -0.15) is 5.10 Å². The first-order valence-electron chi connectivity index (χ1n) is 8.38. The molecule has 9 heteroatoms. The van der Waals surface area contributed by atoms with Crippen LogP contribution in [0.25, 0.3) is 11.0 Å². The minimum atomic E-state index is -0.496. The average molecular weight is 456 g/mol. The predicted molar refractivity (Wildman–Crippen MR) is 101 cm³/mol. The monoisotopic (exact) mass is 456 g/mol. The van der Waals surface area contributed by atoms with Crippen molar-refractivity contribution < 1.29 is 9.53 Å². The molecule has 8 nitrogen and oxygen atoms in total. The molecular weight excluding hydrogens is 435 g/mol. The zero-order valence-electron chi connectivity index (χ0n) is 14.4. The summed E-state index contributed by atoms with van der Waals surface area (Å²) < 4.78 is 8.30. The predicted octanol–water partition coefficient (Wildman–Crippen LogP) is 2.58. The van der Waals surface area contributed by atoms with Crippen molar-refractivity contribution in [2.24, 2.45) is 5.92 Å². The van der Waals surface area contributed by atoms with Crippen molar-refractivity contribution >= 4 is 45.5 Å². The molecule has 2 bridgehead atoms. The maximum atomic E-state index is 12.6. The molecule has 2 aromatic heterocycles. The summed E-state index contributed by atoms with van der Waals surface area (Å²) in [7, 11) is 0. The number of carbonyl (C=O) groups excluding carboxylic acids is 1. The van der Waals surface area contributed by atoms with Crippen LogP contribution >= 0.6 is 22.6 Å². The van der Waals surface area contributed by atoms with Crippen LogP contribution in [0, 0.1) is 9.62 Å². The largest absolute Gasteiger partial charge is 0.444 e. The van der Waals surface area contributed by atoms with Crippen molar-refractivity contribution in [2.45, 2.75) is 51.3 Å². The summed E-state index contributed by atoms with van der Waals surface area (Å²) in [6, 6.07) is 0.168. The minimum Gasteiger partial charge on any atom is -0.444 e. The Morgan fingerprint density at radius 1 is 1.32 bits per heavy atom. The van der Waals surface area contributed by atoms with Crippen molar-refractivity contribution in [2.75, 3.05) is 12.3 Å². The van der Waals surface area contributed by atoms with Gasteiger partial charge in [-0.3, -0.25) is 0 Å². The second kappa shape index (κ2) is 5.68. The normalized spacial score (nSPS) is 25.8.